The summed E-state index contributed by atoms with van der Waals surface area (Å²) in [5.74, 6) is -0.0326. The minimum Gasteiger partial charge on any atom is -0.497 e. The first-order valence-electron chi connectivity index (χ1n) is 7.71. The fourth-order valence-electron chi connectivity index (χ4n) is 2.20. The van der Waals surface area contributed by atoms with Crippen LogP contribution in [-0.4, -0.2) is 39.6 Å². The van der Waals surface area contributed by atoms with Crippen molar-refractivity contribution in [3.63, 3.8) is 0 Å². The lowest BCUT2D eigenvalue weighted by Crippen LogP contribution is -2.33. The summed E-state index contributed by atoms with van der Waals surface area (Å²) in [6, 6.07) is 9.42. The second-order valence-electron chi connectivity index (χ2n) is 5.02. The molecule has 0 saturated heterocycles. The van der Waals surface area contributed by atoms with Crippen LogP contribution >= 0.6 is 0 Å². The van der Waals surface area contributed by atoms with Gasteiger partial charge in [0.15, 0.2) is 0 Å². The first-order chi connectivity index (χ1) is 12.0. The lowest BCUT2D eigenvalue weighted by molar-refractivity contribution is -0.142. The van der Waals surface area contributed by atoms with Crippen molar-refractivity contribution in [3.05, 3.63) is 48.8 Å². The number of hydrogen-bond donors (Lipinski definition) is 0. The number of carbonyl (C=O) groups excluding carboxylic acids is 1. The number of benzene rings is 1. The Labute approximate surface area is 147 Å². The van der Waals surface area contributed by atoms with Gasteiger partial charge in [0, 0.05) is 18.8 Å². The maximum atomic E-state index is 13.1. The highest BCUT2D eigenvalue weighted by Gasteiger charge is 2.26. The third-order valence-corrected chi connectivity index (χ3v) is 5.21. The average Bonchev–Trinajstić information content (AvgIpc) is 2.63. The van der Waals surface area contributed by atoms with E-state index in [1.54, 1.807) is 37.4 Å². The molecule has 1 aromatic heterocycles. The van der Waals surface area contributed by atoms with E-state index in [4.69, 9.17) is 9.47 Å². The molecule has 0 atom stereocenters. The monoisotopic (exact) mass is 364 g/mol. The third kappa shape index (κ3) is 4.69. The van der Waals surface area contributed by atoms with Crippen LogP contribution < -0.4 is 9.04 Å². The molecule has 0 N–H and O–H groups in total. The number of hydrogen-bond acceptors (Lipinski definition) is 6. The molecule has 0 aliphatic carbocycles. The average molecular weight is 364 g/mol. The summed E-state index contributed by atoms with van der Waals surface area (Å²) in [5.41, 5.74) is 0.370. The van der Waals surface area contributed by atoms with Gasteiger partial charge in [-0.25, -0.2) is 8.42 Å². The van der Waals surface area contributed by atoms with Crippen molar-refractivity contribution in [2.75, 3.05) is 24.6 Å². The van der Waals surface area contributed by atoms with E-state index in [1.807, 2.05) is 0 Å². The van der Waals surface area contributed by atoms with Crippen molar-refractivity contribution in [2.24, 2.45) is 0 Å². The summed E-state index contributed by atoms with van der Waals surface area (Å²) < 4.78 is 37.3. The van der Waals surface area contributed by atoms with Crippen LogP contribution in [0.3, 0.4) is 0 Å². The normalized spacial score (nSPS) is 11.0. The van der Waals surface area contributed by atoms with Gasteiger partial charge in [-0.3, -0.25) is 14.1 Å². The van der Waals surface area contributed by atoms with Crippen LogP contribution in [0.4, 0.5) is 5.69 Å². The lowest BCUT2D eigenvalue weighted by Gasteiger charge is -2.24. The fourth-order valence-corrected chi connectivity index (χ4v) is 3.69. The molecule has 8 heteroatoms. The smallest absolute Gasteiger partial charge is 0.307 e. The number of pyridine rings is 1. The molecule has 0 saturated carbocycles. The Kier molecular flexibility index (Phi) is 6.35. The van der Waals surface area contributed by atoms with Gasteiger partial charge in [-0.2, -0.15) is 0 Å². The number of methoxy groups -OCH3 is 1. The Morgan fingerprint density at radius 1 is 1.24 bits per heavy atom. The molecule has 2 aromatic rings. The molecule has 0 aliphatic rings. The van der Waals surface area contributed by atoms with Gasteiger partial charge in [-0.15, -0.1) is 0 Å². The highest BCUT2D eigenvalue weighted by molar-refractivity contribution is 7.92. The van der Waals surface area contributed by atoms with Crippen molar-refractivity contribution in [2.45, 2.75) is 18.2 Å². The van der Waals surface area contributed by atoms with E-state index in [-0.39, 0.29) is 24.5 Å². The van der Waals surface area contributed by atoms with E-state index >= 15 is 0 Å². The molecular formula is C17H20N2O5S. The van der Waals surface area contributed by atoms with Crippen LogP contribution in [0.5, 0.6) is 5.75 Å². The summed E-state index contributed by atoms with van der Waals surface area (Å²) in [5, 5.41) is 0. The van der Waals surface area contributed by atoms with Crippen molar-refractivity contribution < 1.29 is 22.7 Å². The minimum atomic E-state index is -3.89. The summed E-state index contributed by atoms with van der Waals surface area (Å²) in [6.07, 6.45) is 2.92. The quantitative estimate of drug-likeness (QED) is 0.668. The van der Waals surface area contributed by atoms with Crippen molar-refractivity contribution >= 4 is 21.7 Å². The van der Waals surface area contributed by atoms with Gasteiger partial charge in [0.1, 0.15) is 5.75 Å². The van der Waals surface area contributed by atoms with Crippen molar-refractivity contribution in [1.29, 1.82) is 0 Å². The van der Waals surface area contributed by atoms with Gasteiger partial charge in [-0.05, 0) is 31.2 Å². The highest BCUT2D eigenvalue weighted by atomic mass is 32.2. The molecule has 2 rings (SSSR count). The molecule has 0 spiro atoms. The van der Waals surface area contributed by atoms with Crippen LogP contribution in [0.15, 0.2) is 53.7 Å². The first kappa shape index (κ1) is 18.7. The second-order valence-corrected chi connectivity index (χ2v) is 6.88. The van der Waals surface area contributed by atoms with Crippen LogP contribution in [0.25, 0.3) is 0 Å². The molecule has 0 aliphatic heterocycles. The van der Waals surface area contributed by atoms with Gasteiger partial charge in [0.05, 0.1) is 36.9 Å². The Hall–Kier alpha value is -2.61. The minimum absolute atomic E-state index is 0.0515. The second kappa shape index (κ2) is 8.48. The zero-order chi connectivity index (χ0) is 18.3. The molecule has 0 unspecified atom stereocenters. The summed E-state index contributed by atoms with van der Waals surface area (Å²) in [4.78, 5) is 15.7. The van der Waals surface area contributed by atoms with Crippen LogP contribution in [0.1, 0.15) is 13.3 Å². The van der Waals surface area contributed by atoms with E-state index < -0.39 is 16.0 Å². The number of sulfonamides is 1. The Bertz CT molecular complexity index is 809. The molecular weight excluding hydrogens is 344 g/mol. The number of esters is 1. The van der Waals surface area contributed by atoms with Crippen molar-refractivity contribution in [1.82, 2.24) is 4.98 Å². The van der Waals surface area contributed by atoms with E-state index in [2.05, 4.69) is 4.98 Å². The maximum Gasteiger partial charge on any atom is 0.307 e. The molecule has 134 valence electrons. The summed E-state index contributed by atoms with van der Waals surface area (Å²) >= 11 is 0. The largest absolute Gasteiger partial charge is 0.497 e. The molecule has 0 radical (unpaired) electrons. The zero-order valence-electron chi connectivity index (χ0n) is 14.1. The predicted octanol–water partition coefficient (Wildman–Crippen LogP) is 2.24. The molecule has 1 aromatic carbocycles. The van der Waals surface area contributed by atoms with E-state index in [0.29, 0.717) is 11.4 Å². The van der Waals surface area contributed by atoms with Crippen LogP contribution in [0.2, 0.25) is 0 Å². The molecule has 25 heavy (non-hydrogen) atoms. The standard InChI is InChI=1S/C17H20N2O5S/c1-3-24-17(20)9-11-19(14-6-5-10-18-13-14)25(21,22)16-8-4-7-15(12-16)23-2/h4-8,10,12-13H,3,9,11H2,1-2H3. The van der Waals surface area contributed by atoms with Gasteiger partial charge in [0.25, 0.3) is 10.0 Å². The number of aromatic nitrogens is 1. The number of ether oxygens (including phenoxy) is 2. The number of rotatable bonds is 8. The maximum absolute atomic E-state index is 13.1. The number of anilines is 1. The van der Waals surface area contributed by atoms with Gasteiger partial charge < -0.3 is 9.47 Å². The molecule has 0 bridgehead atoms. The summed E-state index contributed by atoms with van der Waals surface area (Å²) in [7, 11) is -2.43. The summed E-state index contributed by atoms with van der Waals surface area (Å²) in [6.45, 7) is 1.89. The first-order valence-corrected chi connectivity index (χ1v) is 9.15. The molecule has 0 fully saturated rings. The van der Waals surface area contributed by atoms with Gasteiger partial charge >= 0.3 is 5.97 Å². The Balaban J connectivity index is 2.37. The van der Waals surface area contributed by atoms with Gasteiger partial charge in [0.2, 0.25) is 0 Å². The van der Waals surface area contributed by atoms with Gasteiger partial charge in [-0.1, -0.05) is 6.07 Å². The predicted molar refractivity (Wildman–Crippen MR) is 93.0 cm³/mol. The van der Waals surface area contributed by atoms with E-state index in [9.17, 15) is 13.2 Å². The van der Waals surface area contributed by atoms with E-state index in [0.717, 1.165) is 4.31 Å². The fraction of sp³-hybridized carbons (Fsp3) is 0.294. The lowest BCUT2D eigenvalue weighted by atomic mass is 10.3. The SMILES string of the molecule is CCOC(=O)CCN(c1cccnc1)S(=O)(=O)c1cccc(OC)c1. The Morgan fingerprint density at radius 3 is 2.68 bits per heavy atom. The van der Waals surface area contributed by atoms with Crippen LogP contribution in [0, 0.1) is 0 Å². The van der Waals surface area contributed by atoms with Crippen LogP contribution in [-0.2, 0) is 19.6 Å². The zero-order valence-corrected chi connectivity index (χ0v) is 14.9. The van der Waals surface area contributed by atoms with Crippen molar-refractivity contribution in [3.8, 4) is 5.75 Å². The molecule has 7 nitrogen and oxygen atoms in total. The third-order valence-electron chi connectivity index (χ3n) is 3.39. The molecule has 0 amide bonds. The molecule has 1 heterocycles. The van der Waals surface area contributed by atoms with E-state index in [1.165, 1.54) is 25.4 Å². The number of nitrogens with zero attached hydrogens (tertiary/aromatic N) is 2. The Morgan fingerprint density at radius 2 is 2.04 bits per heavy atom. The highest BCUT2D eigenvalue weighted by Crippen LogP contribution is 2.25. The topological polar surface area (TPSA) is 85.8 Å². The number of carbonyl (C=O) groups is 1.